The Morgan fingerprint density at radius 3 is 2.50 bits per heavy atom. The van der Waals surface area contributed by atoms with Gasteiger partial charge in [0.25, 0.3) is 5.91 Å². The lowest BCUT2D eigenvalue weighted by Crippen LogP contribution is -2.22. The van der Waals surface area contributed by atoms with E-state index in [4.69, 9.17) is 11.6 Å². The number of nitrogens with one attached hydrogen (secondary N) is 2. The SMILES string of the molecule is CC(=O)Nc1ccc(CNC(=O)c2nnc(Cl)s2)cc1. The Morgan fingerprint density at radius 1 is 1.25 bits per heavy atom. The molecule has 0 aliphatic heterocycles. The van der Waals surface area contributed by atoms with Crippen LogP contribution in [-0.4, -0.2) is 22.0 Å². The number of carbonyl (C=O) groups excluding carboxylic acids is 2. The van der Waals surface area contributed by atoms with Crippen LogP contribution < -0.4 is 10.6 Å². The number of amides is 2. The van der Waals surface area contributed by atoms with Crippen molar-refractivity contribution in [1.29, 1.82) is 0 Å². The number of carbonyl (C=O) groups is 2. The molecule has 2 aromatic rings. The summed E-state index contributed by atoms with van der Waals surface area (Å²) in [6.07, 6.45) is 0. The standard InChI is InChI=1S/C12H11ClN4O2S/c1-7(18)15-9-4-2-8(3-5-9)6-14-10(19)11-16-17-12(13)20-11/h2-5H,6H2,1H3,(H,14,19)(H,15,18). The minimum atomic E-state index is -0.319. The van der Waals surface area contributed by atoms with E-state index in [-0.39, 0.29) is 21.3 Å². The van der Waals surface area contributed by atoms with Crippen molar-refractivity contribution < 1.29 is 9.59 Å². The Labute approximate surface area is 124 Å². The summed E-state index contributed by atoms with van der Waals surface area (Å²) in [5.74, 6) is -0.445. The zero-order chi connectivity index (χ0) is 14.5. The lowest BCUT2D eigenvalue weighted by atomic mass is 10.2. The minimum absolute atomic E-state index is 0.126. The molecule has 8 heteroatoms. The maximum atomic E-state index is 11.7. The van der Waals surface area contributed by atoms with Crippen molar-refractivity contribution in [3.8, 4) is 0 Å². The fourth-order valence-electron chi connectivity index (χ4n) is 1.46. The van der Waals surface area contributed by atoms with Crippen LogP contribution in [0.5, 0.6) is 0 Å². The van der Waals surface area contributed by atoms with Crippen LogP contribution in [0.1, 0.15) is 22.3 Å². The van der Waals surface area contributed by atoms with Crippen LogP contribution in [0.15, 0.2) is 24.3 Å². The molecule has 104 valence electrons. The number of anilines is 1. The molecular formula is C12H11ClN4O2S. The average Bonchev–Trinajstić information content (AvgIpc) is 2.84. The lowest BCUT2D eigenvalue weighted by molar-refractivity contribution is -0.114. The number of rotatable bonds is 4. The van der Waals surface area contributed by atoms with Crippen LogP contribution in [0, 0.1) is 0 Å². The summed E-state index contributed by atoms with van der Waals surface area (Å²) in [4.78, 5) is 22.6. The van der Waals surface area contributed by atoms with Gasteiger partial charge in [0.2, 0.25) is 15.4 Å². The van der Waals surface area contributed by atoms with Gasteiger partial charge in [-0.05, 0) is 29.3 Å². The van der Waals surface area contributed by atoms with Crippen molar-refractivity contribution in [2.24, 2.45) is 0 Å². The number of aromatic nitrogens is 2. The predicted molar refractivity (Wildman–Crippen MR) is 76.8 cm³/mol. The number of hydrogen-bond acceptors (Lipinski definition) is 5. The summed E-state index contributed by atoms with van der Waals surface area (Å²) >= 11 is 6.63. The minimum Gasteiger partial charge on any atom is -0.346 e. The molecule has 6 nitrogen and oxygen atoms in total. The maximum absolute atomic E-state index is 11.7. The Kier molecular flexibility index (Phi) is 4.65. The van der Waals surface area contributed by atoms with Crippen LogP contribution in [0.4, 0.5) is 5.69 Å². The van der Waals surface area contributed by atoms with E-state index in [0.717, 1.165) is 16.9 Å². The first-order chi connectivity index (χ1) is 9.54. The van der Waals surface area contributed by atoms with E-state index in [2.05, 4.69) is 20.8 Å². The molecule has 0 aliphatic carbocycles. The first-order valence-electron chi connectivity index (χ1n) is 5.68. The summed E-state index contributed by atoms with van der Waals surface area (Å²) in [7, 11) is 0. The van der Waals surface area contributed by atoms with Gasteiger partial charge in [-0.3, -0.25) is 9.59 Å². The first kappa shape index (κ1) is 14.4. The highest BCUT2D eigenvalue weighted by Gasteiger charge is 2.11. The highest BCUT2D eigenvalue weighted by atomic mass is 35.5. The smallest absolute Gasteiger partial charge is 0.282 e. The third-order valence-corrected chi connectivity index (χ3v) is 3.34. The number of hydrogen-bond donors (Lipinski definition) is 2. The summed E-state index contributed by atoms with van der Waals surface area (Å²) in [5.41, 5.74) is 1.62. The van der Waals surface area contributed by atoms with Gasteiger partial charge in [0.1, 0.15) is 0 Å². The van der Waals surface area contributed by atoms with Gasteiger partial charge in [0.05, 0.1) is 0 Å². The van der Waals surface area contributed by atoms with Crippen molar-refractivity contribution in [3.05, 3.63) is 39.3 Å². The second-order valence-corrected chi connectivity index (χ2v) is 5.48. The Balaban J connectivity index is 1.90. The quantitative estimate of drug-likeness (QED) is 0.905. The van der Waals surface area contributed by atoms with Gasteiger partial charge in [-0.15, -0.1) is 10.2 Å². The average molecular weight is 311 g/mol. The van der Waals surface area contributed by atoms with Crippen molar-refractivity contribution in [2.45, 2.75) is 13.5 Å². The highest BCUT2D eigenvalue weighted by molar-refractivity contribution is 7.17. The van der Waals surface area contributed by atoms with Gasteiger partial charge in [-0.1, -0.05) is 23.5 Å². The van der Waals surface area contributed by atoms with Crippen molar-refractivity contribution in [3.63, 3.8) is 0 Å². The van der Waals surface area contributed by atoms with E-state index >= 15 is 0 Å². The van der Waals surface area contributed by atoms with Gasteiger partial charge in [0.15, 0.2) is 0 Å². The summed E-state index contributed by atoms with van der Waals surface area (Å²) < 4.78 is 0.231. The molecule has 0 spiro atoms. The van der Waals surface area contributed by atoms with Crippen LogP contribution in [0.3, 0.4) is 0 Å². The molecule has 0 unspecified atom stereocenters. The molecule has 0 atom stereocenters. The summed E-state index contributed by atoms with van der Waals surface area (Å²) in [6, 6.07) is 7.17. The fourth-order valence-corrected chi connectivity index (χ4v) is 2.21. The number of halogens is 1. The fraction of sp³-hybridized carbons (Fsp3) is 0.167. The van der Waals surface area contributed by atoms with Gasteiger partial charge >= 0.3 is 0 Å². The molecule has 0 fully saturated rings. The van der Waals surface area contributed by atoms with E-state index in [9.17, 15) is 9.59 Å². The van der Waals surface area contributed by atoms with Gasteiger partial charge in [-0.2, -0.15) is 0 Å². The van der Waals surface area contributed by atoms with Crippen molar-refractivity contribution in [2.75, 3.05) is 5.32 Å². The lowest BCUT2D eigenvalue weighted by Gasteiger charge is -2.05. The molecule has 0 saturated carbocycles. The van der Waals surface area contributed by atoms with E-state index in [0.29, 0.717) is 12.2 Å². The van der Waals surface area contributed by atoms with Crippen LogP contribution in [0.25, 0.3) is 0 Å². The molecule has 1 heterocycles. The van der Waals surface area contributed by atoms with E-state index in [1.54, 1.807) is 12.1 Å². The molecule has 0 saturated heterocycles. The van der Waals surface area contributed by atoms with Gasteiger partial charge < -0.3 is 10.6 Å². The van der Waals surface area contributed by atoms with Crippen LogP contribution in [0.2, 0.25) is 4.47 Å². The van der Waals surface area contributed by atoms with Gasteiger partial charge in [-0.25, -0.2) is 0 Å². The zero-order valence-electron chi connectivity index (χ0n) is 10.5. The predicted octanol–water partition coefficient (Wildman–Crippen LogP) is 2.08. The monoisotopic (exact) mass is 310 g/mol. The maximum Gasteiger partial charge on any atom is 0.282 e. The molecular weight excluding hydrogens is 300 g/mol. The zero-order valence-corrected chi connectivity index (χ0v) is 12.1. The second-order valence-electron chi connectivity index (χ2n) is 3.92. The van der Waals surface area contributed by atoms with Crippen LogP contribution >= 0.6 is 22.9 Å². The third kappa shape index (κ3) is 4.01. The van der Waals surface area contributed by atoms with E-state index in [1.165, 1.54) is 6.92 Å². The number of nitrogens with zero attached hydrogens (tertiary/aromatic N) is 2. The first-order valence-corrected chi connectivity index (χ1v) is 6.88. The summed E-state index contributed by atoms with van der Waals surface area (Å²) in [5, 5.41) is 12.8. The van der Waals surface area contributed by atoms with E-state index < -0.39 is 0 Å². The van der Waals surface area contributed by atoms with E-state index in [1.807, 2.05) is 12.1 Å². The molecule has 2 rings (SSSR count). The molecule has 0 radical (unpaired) electrons. The van der Waals surface area contributed by atoms with Gasteiger partial charge in [0, 0.05) is 19.2 Å². The highest BCUT2D eigenvalue weighted by Crippen LogP contribution is 2.15. The largest absolute Gasteiger partial charge is 0.346 e. The second kappa shape index (κ2) is 6.44. The topological polar surface area (TPSA) is 84.0 Å². The third-order valence-electron chi connectivity index (χ3n) is 2.32. The molecule has 1 aromatic carbocycles. The van der Waals surface area contributed by atoms with Crippen molar-refractivity contribution >= 4 is 40.4 Å². The normalized spacial score (nSPS) is 10.1. The molecule has 2 N–H and O–H groups in total. The number of benzene rings is 1. The Bertz CT molecular complexity index is 627. The summed E-state index contributed by atoms with van der Waals surface area (Å²) in [6.45, 7) is 1.80. The molecule has 0 aliphatic rings. The Morgan fingerprint density at radius 2 is 1.95 bits per heavy atom. The van der Waals surface area contributed by atoms with Crippen LogP contribution in [-0.2, 0) is 11.3 Å². The molecule has 1 aromatic heterocycles. The Hall–Kier alpha value is -1.99. The molecule has 0 bridgehead atoms. The van der Waals surface area contributed by atoms with Crippen molar-refractivity contribution in [1.82, 2.24) is 15.5 Å². The molecule has 2 amide bonds. The molecule has 20 heavy (non-hydrogen) atoms.